The Kier molecular flexibility index (Phi) is 3.31. The summed E-state index contributed by atoms with van der Waals surface area (Å²) >= 11 is 0. The van der Waals surface area contributed by atoms with Crippen molar-refractivity contribution in [3.8, 4) is 0 Å². The van der Waals surface area contributed by atoms with Gasteiger partial charge in [0.05, 0.1) is 0 Å². The van der Waals surface area contributed by atoms with Crippen LogP contribution in [0.3, 0.4) is 0 Å². The molecule has 0 fully saturated rings. The van der Waals surface area contributed by atoms with Crippen LogP contribution in [-0.2, 0) is 10.4 Å². The van der Waals surface area contributed by atoms with Gasteiger partial charge in [0.25, 0.3) is 5.91 Å². The number of nitrogens with zero attached hydrogens (tertiary/aromatic N) is 2. The Morgan fingerprint density at radius 3 is 2.28 bits per heavy atom. The van der Waals surface area contributed by atoms with Gasteiger partial charge >= 0.3 is 0 Å². The van der Waals surface area contributed by atoms with Gasteiger partial charge in [0.1, 0.15) is 0 Å². The van der Waals surface area contributed by atoms with E-state index in [4.69, 9.17) is 5.21 Å². The minimum atomic E-state index is -2.13. The Balaban J connectivity index is 2.59. The molecule has 0 aliphatic rings. The van der Waals surface area contributed by atoms with E-state index in [-0.39, 0.29) is 11.4 Å². The highest BCUT2D eigenvalue weighted by Gasteiger charge is 2.42. The average Bonchev–Trinajstić information content (AvgIpc) is 2.47. The lowest BCUT2D eigenvalue weighted by atomic mass is 9.92. The van der Waals surface area contributed by atoms with Crippen LogP contribution in [0.25, 0.3) is 0 Å². The van der Waals surface area contributed by atoms with Crippen molar-refractivity contribution in [3.05, 3.63) is 60.2 Å². The van der Waals surface area contributed by atoms with E-state index >= 15 is 0 Å². The third-order valence-corrected chi connectivity index (χ3v) is 2.51. The van der Waals surface area contributed by atoms with Crippen LogP contribution in [0.2, 0.25) is 0 Å². The van der Waals surface area contributed by atoms with Gasteiger partial charge in [-0.1, -0.05) is 30.3 Å². The van der Waals surface area contributed by atoms with Gasteiger partial charge in [-0.2, -0.15) is 0 Å². The van der Waals surface area contributed by atoms with Gasteiger partial charge in [-0.05, 0) is 6.07 Å². The lowest BCUT2D eigenvalue weighted by molar-refractivity contribution is -0.146. The molecule has 6 nitrogen and oxygen atoms in total. The van der Waals surface area contributed by atoms with E-state index in [0.717, 1.165) is 0 Å². The average molecular weight is 245 g/mol. The molecule has 1 heterocycles. The molecule has 3 N–H and O–H groups in total. The summed E-state index contributed by atoms with van der Waals surface area (Å²) in [5.41, 5.74) is -0.428. The molecule has 0 aliphatic heterocycles. The van der Waals surface area contributed by atoms with E-state index in [1.807, 2.05) is 0 Å². The molecule has 2 aromatic rings. The zero-order valence-corrected chi connectivity index (χ0v) is 9.32. The number of amides is 1. The minimum Gasteiger partial charge on any atom is -0.369 e. The minimum absolute atomic E-state index is 0.109. The van der Waals surface area contributed by atoms with Crippen LogP contribution >= 0.6 is 0 Å². The molecule has 6 heteroatoms. The zero-order valence-electron chi connectivity index (χ0n) is 9.32. The van der Waals surface area contributed by atoms with Crippen molar-refractivity contribution < 1.29 is 15.1 Å². The highest BCUT2D eigenvalue weighted by molar-refractivity contribution is 5.88. The predicted octanol–water partition coefficient (Wildman–Crippen LogP) is 0.218. The highest BCUT2D eigenvalue weighted by Crippen LogP contribution is 2.26. The quantitative estimate of drug-likeness (QED) is 0.531. The number of carbonyl (C=O) groups is 1. The molecule has 0 radical (unpaired) electrons. The maximum Gasteiger partial charge on any atom is 0.288 e. The standard InChI is InChI=1S/C12H11N3O3/c16-11(15-18)12(17,9-5-2-1-3-6-9)10-13-7-4-8-14-10/h1-8,17-18H,(H,15,16). The monoisotopic (exact) mass is 245 g/mol. The van der Waals surface area contributed by atoms with Crippen LogP contribution in [0.15, 0.2) is 48.8 Å². The molecular weight excluding hydrogens is 234 g/mol. The Labute approximate surface area is 103 Å². The first-order valence-corrected chi connectivity index (χ1v) is 5.19. The number of benzene rings is 1. The summed E-state index contributed by atoms with van der Waals surface area (Å²) in [6.07, 6.45) is 2.81. The van der Waals surface area contributed by atoms with E-state index in [9.17, 15) is 9.90 Å². The first-order valence-electron chi connectivity index (χ1n) is 5.19. The van der Waals surface area contributed by atoms with Crippen molar-refractivity contribution in [2.24, 2.45) is 0 Å². The molecule has 0 spiro atoms. The Bertz CT molecular complexity index is 491. The smallest absolute Gasteiger partial charge is 0.288 e. The first kappa shape index (κ1) is 12.2. The lowest BCUT2D eigenvalue weighted by Crippen LogP contribution is -2.45. The number of hydroxylamine groups is 1. The largest absolute Gasteiger partial charge is 0.369 e. The van der Waals surface area contributed by atoms with Crippen LogP contribution in [0.1, 0.15) is 11.4 Å². The van der Waals surface area contributed by atoms with E-state index in [0.29, 0.717) is 0 Å². The number of aliphatic hydroxyl groups is 1. The fourth-order valence-electron chi connectivity index (χ4n) is 1.61. The maximum absolute atomic E-state index is 11.7. The molecule has 0 saturated carbocycles. The molecule has 1 aromatic carbocycles. The number of hydrogen-bond acceptors (Lipinski definition) is 5. The molecular formula is C12H11N3O3. The molecule has 1 unspecified atom stereocenters. The molecule has 0 bridgehead atoms. The highest BCUT2D eigenvalue weighted by atomic mass is 16.5. The van der Waals surface area contributed by atoms with Gasteiger partial charge in [0.15, 0.2) is 5.82 Å². The Hall–Kier alpha value is -2.31. The summed E-state index contributed by atoms with van der Waals surface area (Å²) in [7, 11) is 0. The summed E-state index contributed by atoms with van der Waals surface area (Å²) in [4.78, 5) is 19.5. The van der Waals surface area contributed by atoms with Crippen LogP contribution in [0.5, 0.6) is 0 Å². The third-order valence-electron chi connectivity index (χ3n) is 2.51. The number of aromatic nitrogens is 2. The zero-order chi connectivity index (χ0) is 13.0. The van der Waals surface area contributed by atoms with Crippen molar-refractivity contribution in [1.29, 1.82) is 0 Å². The molecule has 0 saturated heterocycles. The van der Waals surface area contributed by atoms with Crippen molar-refractivity contribution in [2.75, 3.05) is 0 Å². The molecule has 1 aromatic heterocycles. The lowest BCUT2D eigenvalue weighted by Gasteiger charge is -2.24. The summed E-state index contributed by atoms with van der Waals surface area (Å²) in [5.74, 6) is -1.12. The fourth-order valence-corrected chi connectivity index (χ4v) is 1.61. The number of rotatable bonds is 3. The number of carbonyl (C=O) groups excluding carboxylic acids is 1. The molecule has 0 aliphatic carbocycles. The van der Waals surface area contributed by atoms with Crippen molar-refractivity contribution in [3.63, 3.8) is 0 Å². The van der Waals surface area contributed by atoms with E-state index in [2.05, 4.69) is 9.97 Å². The molecule has 2 rings (SSSR count). The van der Waals surface area contributed by atoms with Crippen molar-refractivity contribution in [2.45, 2.75) is 5.60 Å². The van der Waals surface area contributed by atoms with Gasteiger partial charge in [0, 0.05) is 18.0 Å². The summed E-state index contributed by atoms with van der Waals surface area (Å²) in [6.45, 7) is 0. The number of hydrogen-bond donors (Lipinski definition) is 3. The SMILES string of the molecule is O=C(NO)C(O)(c1ccccc1)c1ncccn1. The summed E-state index contributed by atoms with van der Waals surface area (Å²) < 4.78 is 0. The van der Waals surface area contributed by atoms with Crippen LogP contribution < -0.4 is 5.48 Å². The Morgan fingerprint density at radius 1 is 1.11 bits per heavy atom. The summed E-state index contributed by atoms with van der Waals surface area (Å²) in [6, 6.07) is 9.72. The summed E-state index contributed by atoms with van der Waals surface area (Å²) in [5, 5.41) is 19.3. The molecule has 1 amide bonds. The second-order valence-corrected chi connectivity index (χ2v) is 3.59. The van der Waals surface area contributed by atoms with E-state index in [1.165, 1.54) is 17.9 Å². The van der Waals surface area contributed by atoms with Crippen molar-refractivity contribution >= 4 is 5.91 Å². The van der Waals surface area contributed by atoms with Crippen LogP contribution in [-0.4, -0.2) is 26.2 Å². The topological polar surface area (TPSA) is 95.3 Å². The predicted molar refractivity (Wildman–Crippen MR) is 61.4 cm³/mol. The second kappa shape index (κ2) is 4.91. The third kappa shape index (κ3) is 1.94. The van der Waals surface area contributed by atoms with Gasteiger partial charge in [-0.25, -0.2) is 15.4 Å². The van der Waals surface area contributed by atoms with Crippen LogP contribution in [0, 0.1) is 0 Å². The van der Waals surface area contributed by atoms with Gasteiger partial charge in [0.2, 0.25) is 5.60 Å². The maximum atomic E-state index is 11.7. The van der Waals surface area contributed by atoms with Crippen molar-refractivity contribution in [1.82, 2.24) is 15.4 Å². The number of nitrogens with one attached hydrogen (secondary N) is 1. The normalized spacial score (nSPS) is 13.7. The van der Waals surface area contributed by atoms with Crippen LogP contribution in [0.4, 0.5) is 0 Å². The second-order valence-electron chi connectivity index (χ2n) is 3.59. The van der Waals surface area contributed by atoms with Gasteiger partial charge in [-0.15, -0.1) is 0 Å². The van der Waals surface area contributed by atoms with E-state index < -0.39 is 11.5 Å². The van der Waals surface area contributed by atoms with Gasteiger partial charge in [-0.3, -0.25) is 10.0 Å². The fraction of sp³-hybridized carbons (Fsp3) is 0.0833. The van der Waals surface area contributed by atoms with E-state index in [1.54, 1.807) is 36.4 Å². The van der Waals surface area contributed by atoms with Gasteiger partial charge < -0.3 is 5.11 Å². The first-order chi connectivity index (χ1) is 8.69. The molecule has 18 heavy (non-hydrogen) atoms. The Morgan fingerprint density at radius 2 is 1.72 bits per heavy atom. The molecule has 92 valence electrons. The molecule has 1 atom stereocenters.